The molecule has 1 fully saturated rings. The maximum absolute atomic E-state index is 12.6. The molecule has 3 aromatic rings. The van der Waals surface area contributed by atoms with Gasteiger partial charge >= 0.3 is 6.36 Å². The molecule has 1 amide bonds. The topological polar surface area (TPSA) is 99.2 Å². The molecule has 0 aliphatic carbocycles. The molecule has 4 rings (SSSR count). The van der Waals surface area contributed by atoms with Gasteiger partial charge in [-0.05, 0) is 37.6 Å². The number of halogens is 3. The minimum Gasteiger partial charge on any atom is -0.406 e. The van der Waals surface area contributed by atoms with E-state index >= 15 is 0 Å². The Balaban J connectivity index is 1.40. The number of carbonyl (C=O) groups is 1. The van der Waals surface area contributed by atoms with Crippen LogP contribution in [0.15, 0.2) is 35.0 Å². The van der Waals surface area contributed by atoms with Crippen LogP contribution in [0, 0.1) is 6.92 Å². The smallest absolute Gasteiger partial charge is 0.406 e. The Morgan fingerprint density at radius 2 is 2.03 bits per heavy atom. The van der Waals surface area contributed by atoms with Crippen LogP contribution in [0.4, 0.5) is 13.2 Å². The van der Waals surface area contributed by atoms with Crippen molar-refractivity contribution in [2.75, 3.05) is 13.1 Å². The Bertz CT molecular complexity index is 1010. The van der Waals surface area contributed by atoms with Crippen LogP contribution in [0.5, 0.6) is 5.75 Å². The van der Waals surface area contributed by atoms with Crippen molar-refractivity contribution in [3.8, 4) is 17.3 Å². The lowest BCUT2D eigenvalue weighted by atomic mass is 10.2. The van der Waals surface area contributed by atoms with Crippen LogP contribution < -0.4 is 4.74 Å². The van der Waals surface area contributed by atoms with Crippen molar-refractivity contribution < 1.29 is 27.2 Å². The molecular weight excluding hydrogens is 393 g/mol. The fourth-order valence-electron chi connectivity index (χ4n) is 3.08. The molecule has 1 atom stereocenters. The van der Waals surface area contributed by atoms with Crippen molar-refractivity contribution in [3.05, 3.63) is 41.9 Å². The van der Waals surface area contributed by atoms with Gasteiger partial charge in [-0.3, -0.25) is 4.79 Å². The van der Waals surface area contributed by atoms with Crippen molar-refractivity contribution in [2.45, 2.75) is 25.7 Å². The van der Waals surface area contributed by atoms with E-state index in [2.05, 4.69) is 25.2 Å². The van der Waals surface area contributed by atoms with Crippen molar-refractivity contribution in [2.24, 2.45) is 0 Å². The van der Waals surface area contributed by atoms with E-state index in [9.17, 15) is 18.0 Å². The molecule has 1 aromatic carbocycles. The lowest BCUT2D eigenvalue weighted by Gasteiger charge is -2.17. The van der Waals surface area contributed by atoms with Crippen molar-refractivity contribution >= 4 is 5.91 Å². The summed E-state index contributed by atoms with van der Waals surface area (Å²) >= 11 is 0. The number of likely N-dealkylation sites (tertiary alicyclic amines) is 1. The summed E-state index contributed by atoms with van der Waals surface area (Å²) in [6, 6.07) is 4.76. The first kappa shape index (κ1) is 18.9. The van der Waals surface area contributed by atoms with Crippen LogP contribution in [0.3, 0.4) is 0 Å². The normalized spacial score (nSPS) is 17.0. The second kappa shape index (κ2) is 7.18. The summed E-state index contributed by atoms with van der Waals surface area (Å²) in [6.07, 6.45) is -2.44. The van der Waals surface area contributed by atoms with Crippen molar-refractivity contribution in [1.29, 1.82) is 0 Å². The van der Waals surface area contributed by atoms with E-state index in [0.717, 1.165) is 12.1 Å². The predicted molar refractivity (Wildman–Crippen MR) is 90.7 cm³/mol. The number of ether oxygens (including phenoxy) is 1. The zero-order valence-electron chi connectivity index (χ0n) is 15.1. The van der Waals surface area contributed by atoms with Crippen molar-refractivity contribution in [3.63, 3.8) is 0 Å². The van der Waals surface area contributed by atoms with Crippen LogP contribution in [0.2, 0.25) is 0 Å². The number of carbonyl (C=O) groups excluding carboxylic acids is 1. The number of benzene rings is 1. The fraction of sp³-hybridized carbons (Fsp3) is 0.353. The van der Waals surface area contributed by atoms with E-state index in [1.54, 1.807) is 22.7 Å². The third-order valence-corrected chi connectivity index (χ3v) is 4.42. The van der Waals surface area contributed by atoms with Gasteiger partial charge in [0.25, 0.3) is 11.8 Å². The molecular formula is C17H15F3N6O3. The minimum atomic E-state index is -4.77. The molecule has 2 aromatic heterocycles. The molecule has 0 unspecified atom stereocenters. The molecule has 9 nitrogen and oxygen atoms in total. The average Bonchev–Trinajstić information content (AvgIpc) is 3.40. The van der Waals surface area contributed by atoms with Gasteiger partial charge in [0.05, 0.1) is 12.2 Å². The molecule has 12 heteroatoms. The molecule has 0 bridgehead atoms. The largest absolute Gasteiger partial charge is 0.573 e. The third kappa shape index (κ3) is 4.20. The number of hydrogen-bond acceptors (Lipinski definition) is 7. The van der Waals surface area contributed by atoms with Gasteiger partial charge in [-0.25, -0.2) is 4.68 Å². The van der Waals surface area contributed by atoms with Gasteiger partial charge in [-0.2, -0.15) is 4.98 Å². The molecule has 152 valence electrons. The Labute approximate surface area is 162 Å². The highest BCUT2D eigenvalue weighted by Gasteiger charge is 2.32. The SMILES string of the molecule is Cc1noc(-c2cn([C@H]3CCN(C(=O)c4ccc(OC(F)(F)F)cc4)C3)nn2)n1. The third-order valence-electron chi connectivity index (χ3n) is 4.42. The Morgan fingerprint density at radius 1 is 1.28 bits per heavy atom. The summed E-state index contributed by atoms with van der Waals surface area (Å²) in [7, 11) is 0. The standard InChI is InChI=1S/C17H15F3N6O3/c1-10-21-15(29-23-10)14-9-26(24-22-14)12-6-7-25(8-12)16(27)11-2-4-13(5-3-11)28-17(18,19)20/h2-5,9,12H,6-8H2,1H3/t12-/m0/s1. The number of aryl methyl sites for hydroxylation is 1. The van der Waals surface area contributed by atoms with E-state index < -0.39 is 6.36 Å². The lowest BCUT2D eigenvalue weighted by Crippen LogP contribution is -2.29. The average molecular weight is 408 g/mol. The van der Waals surface area contributed by atoms with E-state index in [1.807, 2.05) is 0 Å². The summed E-state index contributed by atoms with van der Waals surface area (Å²) in [5.74, 6) is 0.0957. The number of amides is 1. The van der Waals surface area contributed by atoms with Crippen LogP contribution in [0.25, 0.3) is 11.6 Å². The number of rotatable bonds is 4. The fourth-order valence-corrected chi connectivity index (χ4v) is 3.08. The summed E-state index contributed by atoms with van der Waals surface area (Å²) in [5.41, 5.74) is 0.719. The van der Waals surface area contributed by atoms with Gasteiger partial charge in [0.15, 0.2) is 11.5 Å². The van der Waals surface area contributed by atoms with Crippen molar-refractivity contribution in [1.82, 2.24) is 30.0 Å². The Kier molecular flexibility index (Phi) is 4.68. The number of alkyl halides is 3. The van der Waals surface area contributed by atoms with Gasteiger partial charge < -0.3 is 14.2 Å². The molecule has 0 saturated carbocycles. The van der Waals surface area contributed by atoms with Crippen LogP contribution in [0.1, 0.15) is 28.6 Å². The first-order chi connectivity index (χ1) is 13.8. The minimum absolute atomic E-state index is 0.0861. The molecule has 0 radical (unpaired) electrons. The van der Waals surface area contributed by atoms with E-state index in [1.165, 1.54) is 12.1 Å². The van der Waals surface area contributed by atoms with Crippen LogP contribution >= 0.6 is 0 Å². The zero-order chi connectivity index (χ0) is 20.6. The number of nitrogens with zero attached hydrogens (tertiary/aromatic N) is 6. The summed E-state index contributed by atoms with van der Waals surface area (Å²) in [5, 5.41) is 11.8. The van der Waals surface area contributed by atoms with Crippen LogP contribution in [-0.4, -0.2) is 55.4 Å². The maximum atomic E-state index is 12.6. The second-order valence-electron chi connectivity index (χ2n) is 6.50. The van der Waals surface area contributed by atoms with Gasteiger partial charge in [0.2, 0.25) is 0 Å². The predicted octanol–water partition coefficient (Wildman–Crippen LogP) is 2.62. The highest BCUT2D eigenvalue weighted by atomic mass is 19.4. The molecule has 1 aliphatic heterocycles. The molecule has 29 heavy (non-hydrogen) atoms. The number of aromatic nitrogens is 5. The van der Waals surface area contributed by atoms with E-state index in [-0.39, 0.29) is 29.2 Å². The first-order valence-electron chi connectivity index (χ1n) is 8.66. The summed E-state index contributed by atoms with van der Waals surface area (Å²) in [4.78, 5) is 18.3. The Morgan fingerprint density at radius 3 is 2.69 bits per heavy atom. The van der Waals surface area contributed by atoms with Gasteiger partial charge in [-0.1, -0.05) is 10.4 Å². The Hall–Kier alpha value is -3.44. The van der Waals surface area contributed by atoms with E-state index in [4.69, 9.17) is 4.52 Å². The van der Waals surface area contributed by atoms with Gasteiger partial charge in [0, 0.05) is 18.7 Å². The molecule has 3 heterocycles. The maximum Gasteiger partial charge on any atom is 0.573 e. The second-order valence-corrected chi connectivity index (χ2v) is 6.50. The quantitative estimate of drug-likeness (QED) is 0.654. The highest BCUT2D eigenvalue weighted by molar-refractivity contribution is 5.94. The highest BCUT2D eigenvalue weighted by Crippen LogP contribution is 2.26. The first-order valence-corrected chi connectivity index (χ1v) is 8.66. The van der Waals surface area contributed by atoms with Crippen LogP contribution in [-0.2, 0) is 0 Å². The van der Waals surface area contributed by atoms with Gasteiger partial charge in [-0.15, -0.1) is 18.3 Å². The molecule has 0 spiro atoms. The van der Waals surface area contributed by atoms with Gasteiger partial charge in [0.1, 0.15) is 5.75 Å². The molecule has 1 saturated heterocycles. The summed E-state index contributed by atoms with van der Waals surface area (Å²) < 4.78 is 47.2. The number of hydrogen-bond donors (Lipinski definition) is 0. The van der Waals surface area contributed by atoms with E-state index in [0.29, 0.717) is 31.0 Å². The molecule has 1 aliphatic rings. The summed E-state index contributed by atoms with van der Waals surface area (Å²) in [6.45, 7) is 2.57. The monoisotopic (exact) mass is 408 g/mol. The molecule has 0 N–H and O–H groups in total. The zero-order valence-corrected chi connectivity index (χ0v) is 15.1. The lowest BCUT2D eigenvalue weighted by molar-refractivity contribution is -0.274.